The molecule has 4 atom stereocenters. The van der Waals surface area contributed by atoms with Gasteiger partial charge in [-0.2, -0.15) is 0 Å². The minimum Gasteiger partial charge on any atom is -0.430 e. The van der Waals surface area contributed by atoms with E-state index in [4.69, 9.17) is 28.4 Å². The van der Waals surface area contributed by atoms with E-state index in [1.54, 1.807) is 28.4 Å². The van der Waals surface area contributed by atoms with Crippen molar-refractivity contribution in [1.29, 1.82) is 0 Å². The minimum atomic E-state index is -0.943. The average Bonchev–Trinajstić information content (AvgIpc) is 2.86. The molecule has 8 heteroatoms. The van der Waals surface area contributed by atoms with Crippen LogP contribution in [0.1, 0.15) is 103 Å². The van der Waals surface area contributed by atoms with Gasteiger partial charge in [0.1, 0.15) is 12.2 Å². The van der Waals surface area contributed by atoms with Gasteiger partial charge in [0.15, 0.2) is 0 Å². The van der Waals surface area contributed by atoms with Gasteiger partial charge < -0.3 is 28.4 Å². The number of methoxy groups -OCH3 is 4. The third kappa shape index (κ3) is 8.18. The van der Waals surface area contributed by atoms with E-state index in [0.29, 0.717) is 25.7 Å². The summed E-state index contributed by atoms with van der Waals surface area (Å²) < 4.78 is 33.7. The zero-order valence-electron chi connectivity index (χ0n) is 21.7. The van der Waals surface area contributed by atoms with Crippen molar-refractivity contribution in [3.05, 3.63) is 0 Å². The van der Waals surface area contributed by atoms with E-state index in [2.05, 4.69) is 0 Å². The Kier molecular flexibility index (Phi) is 12.8. The first kappa shape index (κ1) is 29.0. The zero-order chi connectivity index (χ0) is 24.9. The van der Waals surface area contributed by atoms with Gasteiger partial charge >= 0.3 is 11.9 Å². The second-order valence-corrected chi connectivity index (χ2v) is 9.54. The van der Waals surface area contributed by atoms with Crippen molar-refractivity contribution in [3.63, 3.8) is 0 Å². The molecule has 0 aromatic carbocycles. The second kappa shape index (κ2) is 15.0. The highest BCUT2D eigenvalue weighted by Crippen LogP contribution is 2.36. The van der Waals surface area contributed by atoms with Crippen LogP contribution >= 0.6 is 0 Å². The molecule has 0 aromatic rings. The van der Waals surface area contributed by atoms with E-state index in [9.17, 15) is 9.59 Å². The van der Waals surface area contributed by atoms with E-state index >= 15 is 0 Å². The average molecular weight is 487 g/mol. The predicted molar refractivity (Wildman–Crippen MR) is 127 cm³/mol. The van der Waals surface area contributed by atoms with E-state index in [-0.39, 0.29) is 24.1 Å². The summed E-state index contributed by atoms with van der Waals surface area (Å²) in [5.74, 6) is -2.34. The molecule has 0 spiro atoms. The van der Waals surface area contributed by atoms with Crippen molar-refractivity contribution < 1.29 is 38.0 Å². The molecule has 0 N–H and O–H groups in total. The summed E-state index contributed by atoms with van der Waals surface area (Å²) in [6.07, 6.45) is 12.9. The fourth-order valence-electron chi connectivity index (χ4n) is 5.28. The maximum Gasteiger partial charge on any atom is 0.308 e. The summed E-state index contributed by atoms with van der Waals surface area (Å²) in [5.41, 5.74) is 0. The van der Waals surface area contributed by atoms with Crippen molar-refractivity contribution in [1.82, 2.24) is 0 Å². The number of rotatable bonds is 15. The van der Waals surface area contributed by atoms with Crippen LogP contribution in [-0.2, 0) is 38.0 Å². The lowest BCUT2D eigenvalue weighted by molar-refractivity contribution is -0.277. The molecule has 0 amide bonds. The Morgan fingerprint density at radius 3 is 1.35 bits per heavy atom. The Bertz CT molecular complexity index is 560. The summed E-state index contributed by atoms with van der Waals surface area (Å²) in [6.45, 7) is 0. The first-order valence-electron chi connectivity index (χ1n) is 13.0. The monoisotopic (exact) mass is 486 g/mol. The van der Waals surface area contributed by atoms with Crippen molar-refractivity contribution in [2.45, 2.75) is 127 Å². The third-order valence-corrected chi connectivity index (χ3v) is 7.31. The Labute approximate surface area is 205 Å². The molecule has 0 bridgehead atoms. The van der Waals surface area contributed by atoms with Crippen molar-refractivity contribution in [2.24, 2.45) is 0 Å². The van der Waals surface area contributed by atoms with Gasteiger partial charge in [0.05, 0.1) is 0 Å². The highest BCUT2D eigenvalue weighted by molar-refractivity contribution is 5.70. The number of esters is 2. The molecule has 8 nitrogen and oxygen atoms in total. The van der Waals surface area contributed by atoms with Crippen molar-refractivity contribution in [2.75, 3.05) is 28.4 Å². The van der Waals surface area contributed by atoms with Crippen molar-refractivity contribution >= 4 is 11.9 Å². The highest BCUT2D eigenvalue weighted by atomic mass is 16.7. The molecule has 2 rings (SSSR count). The summed E-state index contributed by atoms with van der Waals surface area (Å²) >= 11 is 0. The van der Waals surface area contributed by atoms with Crippen LogP contribution in [-0.4, -0.2) is 64.2 Å². The van der Waals surface area contributed by atoms with Crippen LogP contribution in [0.3, 0.4) is 0 Å². The smallest absolute Gasteiger partial charge is 0.308 e. The SMILES string of the molecule is COC1CCCCC1(OC)OC(=O)CCCCCCCCC(=O)OC1(OC)CCCCC1OC. The quantitative estimate of drug-likeness (QED) is 0.180. The van der Waals surface area contributed by atoms with Gasteiger partial charge in [-0.05, 0) is 38.5 Å². The number of ether oxygens (including phenoxy) is 6. The van der Waals surface area contributed by atoms with Crippen LogP contribution in [0.4, 0.5) is 0 Å². The van der Waals surface area contributed by atoms with E-state index < -0.39 is 11.6 Å². The first-order valence-corrected chi connectivity index (χ1v) is 13.0. The number of unbranched alkanes of at least 4 members (excludes halogenated alkanes) is 5. The highest BCUT2D eigenvalue weighted by Gasteiger charge is 2.46. The van der Waals surface area contributed by atoms with Gasteiger partial charge in [-0.15, -0.1) is 0 Å². The van der Waals surface area contributed by atoms with Crippen molar-refractivity contribution in [3.8, 4) is 0 Å². The second-order valence-electron chi connectivity index (χ2n) is 9.54. The van der Waals surface area contributed by atoms with E-state index in [0.717, 1.165) is 77.0 Å². The molecular weight excluding hydrogens is 440 g/mol. The van der Waals surface area contributed by atoms with Crippen LogP contribution in [0.25, 0.3) is 0 Å². The normalized spacial score (nSPS) is 29.5. The molecule has 198 valence electrons. The summed E-state index contributed by atoms with van der Waals surface area (Å²) in [5, 5.41) is 0. The predicted octanol–water partition coefficient (Wildman–Crippen LogP) is 5.06. The van der Waals surface area contributed by atoms with Crippen LogP contribution in [0, 0.1) is 0 Å². The minimum absolute atomic E-state index is 0.209. The largest absolute Gasteiger partial charge is 0.430 e. The lowest BCUT2D eigenvalue weighted by Gasteiger charge is -2.40. The topological polar surface area (TPSA) is 89.5 Å². The van der Waals surface area contributed by atoms with Gasteiger partial charge in [0, 0.05) is 54.1 Å². The van der Waals surface area contributed by atoms with E-state index in [1.807, 2.05) is 0 Å². The summed E-state index contributed by atoms with van der Waals surface area (Å²) in [6, 6.07) is 0. The molecule has 0 radical (unpaired) electrons. The molecule has 0 aliphatic heterocycles. The summed E-state index contributed by atoms with van der Waals surface area (Å²) in [4.78, 5) is 24.8. The van der Waals surface area contributed by atoms with Gasteiger partial charge in [-0.3, -0.25) is 9.59 Å². The van der Waals surface area contributed by atoms with Crippen LogP contribution in [0.5, 0.6) is 0 Å². The molecule has 0 saturated heterocycles. The molecule has 34 heavy (non-hydrogen) atoms. The molecular formula is C26H46O8. The van der Waals surface area contributed by atoms with Gasteiger partial charge in [0.25, 0.3) is 0 Å². The molecule has 2 aliphatic rings. The molecule has 4 unspecified atom stereocenters. The standard InChI is InChI=1S/C26H46O8/c1-29-21-15-11-13-19-25(21,31-3)33-23(27)17-9-7-5-6-8-10-18-24(28)34-26(32-4)20-14-12-16-22(26)30-2/h21-22H,5-20H2,1-4H3. The number of carbonyl (C=O) groups is 2. The maximum atomic E-state index is 12.4. The molecule has 0 aromatic heterocycles. The van der Waals surface area contributed by atoms with E-state index in [1.165, 1.54) is 0 Å². The number of hydrogen-bond acceptors (Lipinski definition) is 8. The fraction of sp³-hybridized carbons (Fsp3) is 0.923. The van der Waals surface area contributed by atoms with Gasteiger partial charge in [-0.1, -0.05) is 38.5 Å². The Morgan fingerprint density at radius 2 is 1.00 bits per heavy atom. The maximum absolute atomic E-state index is 12.4. The Morgan fingerprint density at radius 1 is 0.618 bits per heavy atom. The molecule has 2 fully saturated rings. The fourth-order valence-corrected chi connectivity index (χ4v) is 5.28. The number of hydrogen-bond donors (Lipinski definition) is 0. The van der Waals surface area contributed by atoms with Gasteiger partial charge in [0.2, 0.25) is 11.6 Å². The zero-order valence-corrected chi connectivity index (χ0v) is 21.7. The molecule has 2 aliphatic carbocycles. The van der Waals surface area contributed by atoms with Crippen LogP contribution in [0.2, 0.25) is 0 Å². The molecule has 2 saturated carbocycles. The lowest BCUT2D eigenvalue weighted by Crippen LogP contribution is -2.51. The van der Waals surface area contributed by atoms with Gasteiger partial charge in [-0.25, -0.2) is 0 Å². The number of carbonyl (C=O) groups excluding carboxylic acids is 2. The first-order chi connectivity index (χ1) is 16.4. The Hall–Kier alpha value is -1.22. The Balaban J connectivity index is 1.57. The van der Waals surface area contributed by atoms with Crippen LogP contribution in [0.15, 0.2) is 0 Å². The van der Waals surface area contributed by atoms with Crippen LogP contribution < -0.4 is 0 Å². The molecule has 0 heterocycles. The summed E-state index contributed by atoms with van der Waals surface area (Å²) in [7, 11) is 6.44. The lowest BCUT2D eigenvalue weighted by atomic mass is 9.91. The third-order valence-electron chi connectivity index (χ3n) is 7.31.